The number of rotatable bonds is 20. The maximum Gasteiger partial charge on any atom is 0.296 e. The van der Waals surface area contributed by atoms with Crippen molar-refractivity contribution >= 4 is 152 Å². The van der Waals surface area contributed by atoms with Gasteiger partial charge in [0.05, 0.1) is 50.5 Å². The van der Waals surface area contributed by atoms with Gasteiger partial charge < -0.3 is 15.2 Å². The number of aromatic nitrogens is 3. The van der Waals surface area contributed by atoms with Gasteiger partial charge in [0.2, 0.25) is 16.9 Å². The number of allylic oxidation sites excluding steroid dienone is 1. The maximum absolute atomic E-state index is 12.6. The number of nitriles is 1. The van der Waals surface area contributed by atoms with Gasteiger partial charge in [-0.1, -0.05) is 17.4 Å². The third-order valence-electron chi connectivity index (χ3n) is 11.7. The number of imidazole rings is 1. The largest absolute Gasteiger partial charge is 0.493 e. The van der Waals surface area contributed by atoms with Crippen molar-refractivity contribution < 1.29 is 79.5 Å². The van der Waals surface area contributed by atoms with E-state index in [9.17, 15) is 80.0 Å². The molecule has 0 radical (unpaired) electrons. The van der Waals surface area contributed by atoms with Crippen molar-refractivity contribution in [3.63, 3.8) is 0 Å². The lowest BCUT2D eigenvalue weighted by Gasteiger charge is -2.13. The molecule has 29 nitrogen and oxygen atoms in total. The summed E-state index contributed by atoms with van der Waals surface area (Å²) in [5, 5.41) is 48.7. The van der Waals surface area contributed by atoms with Gasteiger partial charge in [-0.2, -0.15) is 52.5 Å². The lowest BCUT2D eigenvalue weighted by atomic mass is 10.1. The Morgan fingerprint density at radius 2 is 1.44 bits per heavy atom. The van der Waals surface area contributed by atoms with Gasteiger partial charge in [-0.15, -0.1) is 37.3 Å². The van der Waals surface area contributed by atoms with Crippen LogP contribution in [0.3, 0.4) is 0 Å². The average Bonchev–Trinajstić information content (AvgIpc) is 2.59. The topological polar surface area (TPSA) is 459 Å². The number of pyridine rings is 1. The standard InChI is InChI=1S/C45H41N11O18S7/c1-22-14-33(52-54-40-23(2)28(21-46)43-48-29-8-4-5-9-35(29)56(43)44(40)58)36(74-10-6-12-77(59,60)61)19-30(22)50-53-34-18-31(47-24(3)57)32(20-37(34)75-11-7-13-78(62,63)64)51-55-45-49-41-39(81(71,72)73)17-26-27(42(41)76-45)15-25(79(65,66)67)16-38(26)80(68,69)70/h5,9,14-20,58H,4,6-8,10-13H2,1-3H3,(H,47,57)(H,59,60,61)(H,62,63,64)(H,65,66,67)(H,68,69,70)(H,71,72,73). The molecule has 4 aromatic carbocycles. The van der Waals surface area contributed by atoms with Gasteiger partial charge in [-0.25, -0.2) is 9.97 Å². The van der Waals surface area contributed by atoms with Crippen LogP contribution in [0, 0.1) is 25.2 Å². The number of hydrogen-bond donors (Lipinski definition) is 7. The minimum atomic E-state index is -5.33. The quantitative estimate of drug-likeness (QED) is 0.0162. The van der Waals surface area contributed by atoms with E-state index < -0.39 is 98.7 Å². The van der Waals surface area contributed by atoms with Crippen LogP contribution in [0.25, 0.3) is 32.7 Å². The lowest BCUT2D eigenvalue weighted by molar-refractivity contribution is -0.114. The SMILES string of the molecule is CC(=O)Nc1cc(N=Nc2cc(OCCCS(=O)(=O)O)c(N=Nc3c(C)c(C#N)c4nc5c(n4c3O)C=CCC5)cc2C)c(SCCCS(=O)(=O)O)cc1N=Nc1nc2c(S(=O)(=O)O)cc3c(S(=O)(=O)O)cc(S(=O)(=O)O)cc3c2s1. The number of carbonyl (C=O) groups is 1. The number of aryl methyl sites for hydroxylation is 2. The molecule has 81 heavy (non-hydrogen) atoms. The number of ether oxygens (including phenoxy) is 1. The van der Waals surface area contributed by atoms with Crippen LogP contribution in [-0.4, -0.2) is 114 Å². The van der Waals surface area contributed by atoms with Crippen molar-refractivity contribution in [3.05, 3.63) is 76.6 Å². The summed E-state index contributed by atoms with van der Waals surface area (Å²) in [6.45, 7) is 4.01. The first-order valence-electron chi connectivity index (χ1n) is 23.0. The van der Waals surface area contributed by atoms with Gasteiger partial charge >= 0.3 is 0 Å². The molecule has 1 aliphatic rings. The van der Waals surface area contributed by atoms with Crippen molar-refractivity contribution in [1.82, 2.24) is 14.4 Å². The molecule has 0 spiro atoms. The molecule has 426 valence electrons. The zero-order valence-electron chi connectivity index (χ0n) is 41.8. The number of nitrogens with one attached hydrogen (secondary N) is 1. The Morgan fingerprint density at radius 1 is 0.778 bits per heavy atom. The molecule has 7 N–H and O–H groups in total. The Morgan fingerprint density at radius 3 is 2.10 bits per heavy atom. The van der Waals surface area contributed by atoms with E-state index in [1.165, 1.54) is 28.7 Å². The minimum Gasteiger partial charge on any atom is -0.493 e. The van der Waals surface area contributed by atoms with Gasteiger partial charge in [0.1, 0.15) is 49.8 Å². The summed E-state index contributed by atoms with van der Waals surface area (Å²) in [6, 6.07) is 9.31. The predicted octanol–water partition coefficient (Wildman–Crippen LogP) is 9.22. The molecule has 3 aromatic heterocycles. The van der Waals surface area contributed by atoms with Gasteiger partial charge in [0, 0.05) is 34.2 Å². The number of azo groups is 3. The Labute approximate surface area is 468 Å². The Hall–Kier alpha value is -7.28. The summed E-state index contributed by atoms with van der Waals surface area (Å²) in [4.78, 5) is 18.4. The van der Waals surface area contributed by atoms with Crippen LogP contribution in [0.15, 0.2) is 98.8 Å². The summed E-state index contributed by atoms with van der Waals surface area (Å²) in [7, 11) is -24.6. The number of benzene rings is 4. The molecule has 0 aliphatic heterocycles. The van der Waals surface area contributed by atoms with Crippen LogP contribution in [0.5, 0.6) is 11.6 Å². The molecule has 0 saturated heterocycles. The fourth-order valence-electron chi connectivity index (χ4n) is 8.08. The third kappa shape index (κ3) is 13.7. The third-order valence-corrected chi connectivity index (χ3v) is 18.0. The highest BCUT2D eigenvalue weighted by atomic mass is 32.2. The second-order valence-electron chi connectivity index (χ2n) is 17.5. The van der Waals surface area contributed by atoms with E-state index in [-0.39, 0.29) is 103 Å². The van der Waals surface area contributed by atoms with Crippen LogP contribution in [0.1, 0.15) is 54.3 Å². The smallest absolute Gasteiger partial charge is 0.296 e. The van der Waals surface area contributed by atoms with Crippen LogP contribution in [0.2, 0.25) is 0 Å². The Bertz CT molecular complexity index is 4570. The number of hydrogen-bond acceptors (Lipinski definition) is 24. The summed E-state index contributed by atoms with van der Waals surface area (Å²) in [6.07, 6.45) is 4.65. The number of aromatic hydroxyl groups is 1. The number of amides is 1. The highest BCUT2D eigenvalue weighted by Crippen LogP contribution is 2.46. The molecule has 0 atom stereocenters. The fraction of sp³-hybridized carbons (Fsp3) is 0.244. The lowest BCUT2D eigenvalue weighted by Crippen LogP contribution is -2.08. The van der Waals surface area contributed by atoms with Gasteiger partial charge in [-0.3, -0.25) is 32.0 Å². The van der Waals surface area contributed by atoms with E-state index in [4.69, 9.17) is 4.74 Å². The molecule has 0 unspecified atom stereocenters. The molecular weight excluding hydrogens is 1210 g/mol. The first-order chi connectivity index (χ1) is 37.8. The second kappa shape index (κ2) is 22.9. The summed E-state index contributed by atoms with van der Waals surface area (Å²) in [5.74, 6) is -2.36. The van der Waals surface area contributed by atoms with Crippen LogP contribution in [-0.2, 0) is 61.8 Å². The molecule has 3 heterocycles. The summed E-state index contributed by atoms with van der Waals surface area (Å²) >= 11 is 1.48. The molecule has 0 saturated carbocycles. The molecule has 1 amide bonds. The fourth-order valence-corrected chi connectivity index (χ4v) is 13.2. The summed E-state index contributed by atoms with van der Waals surface area (Å²) in [5.41, 5.74) is 1.46. The van der Waals surface area contributed by atoms with Gasteiger partial charge in [0.25, 0.3) is 50.6 Å². The predicted molar refractivity (Wildman–Crippen MR) is 293 cm³/mol. The van der Waals surface area contributed by atoms with E-state index in [0.717, 1.165) is 24.8 Å². The number of fused-ring (bicyclic) bond motifs is 6. The molecule has 7 aromatic rings. The van der Waals surface area contributed by atoms with E-state index in [1.807, 2.05) is 6.08 Å². The van der Waals surface area contributed by atoms with E-state index in [0.29, 0.717) is 53.3 Å². The number of carbonyl (C=O) groups excluding carboxylic acids is 1. The number of thiazole rings is 1. The van der Waals surface area contributed by atoms with E-state index >= 15 is 0 Å². The monoisotopic (exact) mass is 1250 g/mol. The summed E-state index contributed by atoms with van der Waals surface area (Å²) < 4.78 is 177. The molecule has 36 heteroatoms. The first-order valence-corrected chi connectivity index (χ1v) is 32.3. The Kier molecular flexibility index (Phi) is 16.9. The molecular formula is C45H41N11O18S7. The first kappa shape index (κ1) is 59.8. The van der Waals surface area contributed by atoms with Crippen LogP contribution >= 0.6 is 23.1 Å². The highest BCUT2D eigenvalue weighted by Gasteiger charge is 2.28. The normalized spacial score (nSPS) is 13.6. The number of anilines is 1. The van der Waals surface area contributed by atoms with Crippen molar-refractivity contribution in [3.8, 4) is 17.7 Å². The molecule has 0 bridgehead atoms. The van der Waals surface area contributed by atoms with Crippen LogP contribution < -0.4 is 10.1 Å². The minimum absolute atomic E-state index is 0.00745. The van der Waals surface area contributed by atoms with E-state index in [1.54, 1.807) is 19.9 Å². The molecule has 0 fully saturated rings. The molecule has 8 rings (SSSR count). The number of nitrogens with zero attached hydrogens (tertiary/aromatic N) is 10. The average molecular weight is 1250 g/mol. The highest BCUT2D eigenvalue weighted by molar-refractivity contribution is 7.99. The zero-order valence-corrected chi connectivity index (χ0v) is 47.5. The van der Waals surface area contributed by atoms with Crippen molar-refractivity contribution in [1.29, 1.82) is 5.26 Å². The maximum atomic E-state index is 12.6. The van der Waals surface area contributed by atoms with Gasteiger partial charge in [0.15, 0.2) is 11.3 Å². The second-order valence-corrected chi connectivity index (χ2v) is 27.0. The van der Waals surface area contributed by atoms with Crippen LogP contribution in [0.4, 0.5) is 39.3 Å². The van der Waals surface area contributed by atoms with E-state index in [2.05, 4.69) is 52.0 Å². The molecule has 1 aliphatic carbocycles. The Balaban J connectivity index is 1.23. The van der Waals surface area contributed by atoms with Crippen molar-refractivity contribution in [2.45, 2.75) is 66.0 Å². The van der Waals surface area contributed by atoms with Crippen molar-refractivity contribution in [2.24, 2.45) is 30.7 Å². The van der Waals surface area contributed by atoms with Gasteiger partial charge in [-0.05, 0) is 93.3 Å². The number of thioether (sulfide) groups is 1. The zero-order chi connectivity index (χ0) is 59.1. The van der Waals surface area contributed by atoms with Crippen molar-refractivity contribution in [2.75, 3.05) is 29.2 Å².